The molecule has 0 atom stereocenters. The molecule has 1 heterocycles. The summed E-state index contributed by atoms with van der Waals surface area (Å²) in [7, 11) is 0. The van der Waals surface area contributed by atoms with E-state index in [4.69, 9.17) is 11.6 Å². The van der Waals surface area contributed by atoms with Crippen molar-refractivity contribution in [1.29, 1.82) is 0 Å². The second-order valence-electron chi connectivity index (χ2n) is 4.26. The Morgan fingerprint density at radius 2 is 2.00 bits per heavy atom. The Balaban J connectivity index is 1.81. The Bertz CT molecular complexity index is 696. The quantitative estimate of drug-likeness (QED) is 0.801. The summed E-state index contributed by atoms with van der Waals surface area (Å²) in [6.45, 7) is 0.680. The highest BCUT2D eigenvalue weighted by molar-refractivity contribution is 6.30. The maximum atomic E-state index is 5.98. The van der Waals surface area contributed by atoms with Crippen molar-refractivity contribution in [2.24, 2.45) is 0 Å². The van der Waals surface area contributed by atoms with E-state index in [1.54, 1.807) is 11.0 Å². The van der Waals surface area contributed by atoms with Crippen LogP contribution in [0.25, 0.3) is 5.69 Å². The third kappa shape index (κ3) is 2.78. The summed E-state index contributed by atoms with van der Waals surface area (Å²) < 4.78 is 1.63. The van der Waals surface area contributed by atoms with Crippen LogP contribution in [0.4, 0.5) is 5.69 Å². The van der Waals surface area contributed by atoms with Crippen LogP contribution in [0.5, 0.6) is 0 Å². The lowest BCUT2D eigenvalue weighted by atomic mass is 10.2. The lowest BCUT2D eigenvalue weighted by molar-refractivity contribution is 0.789. The number of anilines is 1. The van der Waals surface area contributed by atoms with E-state index in [9.17, 15) is 0 Å². The summed E-state index contributed by atoms with van der Waals surface area (Å²) >= 11 is 5.98. The zero-order chi connectivity index (χ0) is 13.8. The second-order valence-corrected chi connectivity index (χ2v) is 4.69. The summed E-state index contributed by atoms with van der Waals surface area (Å²) in [5, 5.41) is 15.3. The van der Waals surface area contributed by atoms with E-state index in [2.05, 4.69) is 20.8 Å². The molecule has 0 amide bonds. The molecule has 0 aliphatic heterocycles. The molecular weight excluding hydrogens is 274 g/mol. The van der Waals surface area contributed by atoms with E-state index < -0.39 is 0 Å². The van der Waals surface area contributed by atoms with E-state index in [1.807, 2.05) is 48.5 Å². The number of aromatic nitrogens is 4. The summed E-state index contributed by atoms with van der Waals surface area (Å²) in [4.78, 5) is 0. The summed E-state index contributed by atoms with van der Waals surface area (Å²) in [5.41, 5.74) is 2.98. The van der Waals surface area contributed by atoms with Gasteiger partial charge < -0.3 is 5.32 Å². The van der Waals surface area contributed by atoms with E-state index in [0.29, 0.717) is 6.54 Å². The molecule has 0 radical (unpaired) electrons. The Hall–Kier alpha value is -2.40. The molecule has 1 N–H and O–H groups in total. The number of hydrogen-bond donors (Lipinski definition) is 1. The monoisotopic (exact) mass is 285 g/mol. The number of benzene rings is 2. The molecule has 0 fully saturated rings. The van der Waals surface area contributed by atoms with E-state index in [1.165, 1.54) is 0 Å². The molecule has 0 aliphatic carbocycles. The van der Waals surface area contributed by atoms with Gasteiger partial charge in [-0.2, -0.15) is 4.68 Å². The topological polar surface area (TPSA) is 55.6 Å². The van der Waals surface area contributed by atoms with Gasteiger partial charge in [-0.1, -0.05) is 35.9 Å². The number of rotatable bonds is 4. The van der Waals surface area contributed by atoms with Crippen molar-refractivity contribution in [3.05, 3.63) is 65.4 Å². The number of nitrogens with one attached hydrogen (secondary N) is 1. The van der Waals surface area contributed by atoms with Crippen molar-refractivity contribution < 1.29 is 0 Å². The van der Waals surface area contributed by atoms with Gasteiger partial charge in [-0.15, -0.1) is 5.10 Å². The van der Waals surface area contributed by atoms with Crippen molar-refractivity contribution in [1.82, 2.24) is 20.2 Å². The highest BCUT2D eigenvalue weighted by atomic mass is 35.5. The summed E-state index contributed by atoms with van der Waals surface area (Å²) in [6, 6.07) is 15.6. The van der Waals surface area contributed by atoms with E-state index >= 15 is 0 Å². The first-order valence-corrected chi connectivity index (χ1v) is 6.51. The number of hydrogen-bond acceptors (Lipinski definition) is 4. The predicted octanol–water partition coefficient (Wildman–Crippen LogP) is 2.93. The number of nitrogens with zero attached hydrogens (tertiary/aromatic N) is 4. The molecule has 0 bridgehead atoms. The standard InChI is InChI=1S/C14H12ClN5/c15-12-5-3-4-11(8-12)9-16-13-6-1-2-7-14(13)20-10-17-18-19-20/h1-8,10,16H,9H2. The van der Waals surface area contributed by atoms with Crippen LogP contribution in [0, 0.1) is 0 Å². The fourth-order valence-electron chi connectivity index (χ4n) is 1.94. The van der Waals surface area contributed by atoms with Crippen molar-refractivity contribution in [2.75, 3.05) is 5.32 Å². The maximum absolute atomic E-state index is 5.98. The van der Waals surface area contributed by atoms with Crippen molar-refractivity contribution >= 4 is 17.3 Å². The highest BCUT2D eigenvalue weighted by Gasteiger charge is 2.05. The number of tetrazole rings is 1. The molecule has 0 spiro atoms. The van der Waals surface area contributed by atoms with E-state index in [0.717, 1.165) is 22.0 Å². The van der Waals surface area contributed by atoms with Crippen molar-refractivity contribution in [3.8, 4) is 5.69 Å². The third-order valence-corrected chi connectivity index (χ3v) is 3.11. The predicted molar refractivity (Wildman–Crippen MR) is 77.9 cm³/mol. The van der Waals surface area contributed by atoms with Crippen LogP contribution in [-0.2, 0) is 6.54 Å². The first-order valence-electron chi connectivity index (χ1n) is 6.13. The molecule has 0 unspecified atom stereocenters. The molecule has 1 aromatic heterocycles. The first-order chi connectivity index (χ1) is 9.83. The van der Waals surface area contributed by atoms with Gasteiger partial charge in [-0.25, -0.2) is 0 Å². The fraction of sp³-hybridized carbons (Fsp3) is 0.0714. The molecule has 20 heavy (non-hydrogen) atoms. The second kappa shape index (κ2) is 5.71. The van der Waals surface area contributed by atoms with Gasteiger partial charge in [0.15, 0.2) is 0 Å². The Labute approximate surface area is 121 Å². The van der Waals surface area contributed by atoms with Gasteiger partial charge >= 0.3 is 0 Å². The minimum atomic E-state index is 0.680. The third-order valence-electron chi connectivity index (χ3n) is 2.87. The van der Waals surface area contributed by atoms with Crippen LogP contribution >= 0.6 is 11.6 Å². The fourth-order valence-corrected chi connectivity index (χ4v) is 2.15. The van der Waals surface area contributed by atoms with Gasteiger partial charge in [0.1, 0.15) is 6.33 Å². The van der Waals surface area contributed by atoms with Crippen LogP contribution in [0.2, 0.25) is 5.02 Å². The number of halogens is 1. The van der Waals surface area contributed by atoms with Crippen molar-refractivity contribution in [2.45, 2.75) is 6.54 Å². The molecule has 2 aromatic carbocycles. The molecule has 3 aromatic rings. The minimum Gasteiger partial charge on any atom is -0.379 e. The average molecular weight is 286 g/mol. The SMILES string of the molecule is Clc1cccc(CNc2ccccc2-n2cnnn2)c1. The summed E-state index contributed by atoms with van der Waals surface area (Å²) in [6.07, 6.45) is 1.57. The zero-order valence-corrected chi connectivity index (χ0v) is 11.3. The average Bonchev–Trinajstić information content (AvgIpc) is 3.00. The zero-order valence-electron chi connectivity index (χ0n) is 10.6. The van der Waals surface area contributed by atoms with Crippen LogP contribution in [0.3, 0.4) is 0 Å². The van der Waals surface area contributed by atoms with Gasteiger partial charge in [0.05, 0.1) is 11.4 Å². The molecule has 0 saturated heterocycles. The van der Waals surface area contributed by atoms with Gasteiger partial charge in [-0.05, 0) is 40.3 Å². The van der Waals surface area contributed by atoms with Crippen LogP contribution in [0.15, 0.2) is 54.9 Å². The maximum Gasteiger partial charge on any atom is 0.143 e. The van der Waals surface area contributed by atoms with Crippen molar-refractivity contribution in [3.63, 3.8) is 0 Å². The Morgan fingerprint density at radius 3 is 2.80 bits per heavy atom. The lowest BCUT2D eigenvalue weighted by Gasteiger charge is -2.11. The molecule has 100 valence electrons. The molecular formula is C14H12ClN5. The minimum absolute atomic E-state index is 0.680. The smallest absolute Gasteiger partial charge is 0.143 e. The molecule has 0 saturated carbocycles. The number of para-hydroxylation sites is 2. The Kier molecular flexibility index (Phi) is 3.60. The van der Waals surface area contributed by atoms with Gasteiger partial charge in [0.25, 0.3) is 0 Å². The van der Waals surface area contributed by atoms with Crippen LogP contribution < -0.4 is 5.32 Å². The normalized spacial score (nSPS) is 10.4. The van der Waals surface area contributed by atoms with Crippen LogP contribution in [-0.4, -0.2) is 20.2 Å². The molecule has 0 aliphatic rings. The molecule has 5 nitrogen and oxygen atoms in total. The lowest BCUT2D eigenvalue weighted by Crippen LogP contribution is -2.05. The largest absolute Gasteiger partial charge is 0.379 e. The van der Waals surface area contributed by atoms with E-state index in [-0.39, 0.29) is 0 Å². The first kappa shape index (κ1) is 12.6. The molecule has 6 heteroatoms. The van der Waals surface area contributed by atoms with Gasteiger partial charge in [-0.3, -0.25) is 0 Å². The highest BCUT2D eigenvalue weighted by Crippen LogP contribution is 2.20. The molecule has 3 rings (SSSR count). The van der Waals surface area contributed by atoms with Gasteiger partial charge in [0, 0.05) is 11.6 Å². The summed E-state index contributed by atoms with van der Waals surface area (Å²) in [5.74, 6) is 0. The van der Waals surface area contributed by atoms with Crippen LogP contribution in [0.1, 0.15) is 5.56 Å². The Morgan fingerprint density at radius 1 is 1.10 bits per heavy atom. The van der Waals surface area contributed by atoms with Gasteiger partial charge in [0.2, 0.25) is 0 Å².